The number of amides is 1. The molecule has 7 heteroatoms. The Morgan fingerprint density at radius 1 is 1.26 bits per heavy atom. The van der Waals surface area contributed by atoms with Crippen LogP contribution in [0.2, 0.25) is 0 Å². The number of nitrogens with zero attached hydrogens (tertiary/aromatic N) is 3. The molecule has 2 aliphatic rings. The van der Waals surface area contributed by atoms with Crippen LogP contribution in [0.5, 0.6) is 0 Å². The highest BCUT2D eigenvalue weighted by Crippen LogP contribution is 2.39. The van der Waals surface area contributed by atoms with Gasteiger partial charge >= 0.3 is 5.97 Å². The first-order valence-corrected chi connectivity index (χ1v) is 9.46. The second kappa shape index (κ2) is 6.79. The molecule has 0 radical (unpaired) electrons. The molecule has 0 spiro atoms. The number of likely N-dealkylation sites (tertiary alicyclic amines) is 1. The fourth-order valence-electron chi connectivity index (χ4n) is 4.72. The fraction of sp³-hybridized carbons (Fsp3) is 0.500. The van der Waals surface area contributed by atoms with E-state index in [1.807, 2.05) is 13.0 Å². The molecular formula is C20H23N3O4. The van der Waals surface area contributed by atoms with E-state index in [0.29, 0.717) is 17.3 Å². The van der Waals surface area contributed by atoms with Crippen LogP contribution in [0.4, 0.5) is 0 Å². The number of carbonyl (C=O) groups excluding carboxylic acids is 1. The molecule has 1 N–H and O–H groups in total. The summed E-state index contributed by atoms with van der Waals surface area (Å²) in [5.41, 5.74) is 1.25. The van der Waals surface area contributed by atoms with Gasteiger partial charge in [-0.1, -0.05) is 25.0 Å². The van der Waals surface area contributed by atoms with Gasteiger partial charge < -0.3 is 10.0 Å². The highest BCUT2D eigenvalue weighted by Gasteiger charge is 2.47. The zero-order valence-corrected chi connectivity index (χ0v) is 15.3. The molecule has 2 aromatic rings. The van der Waals surface area contributed by atoms with Crippen LogP contribution in [0, 0.1) is 12.8 Å². The van der Waals surface area contributed by atoms with Gasteiger partial charge in [0.15, 0.2) is 0 Å². The second-order valence-electron chi connectivity index (χ2n) is 7.65. The first kappa shape index (κ1) is 17.7. The summed E-state index contributed by atoms with van der Waals surface area (Å²) in [5, 5.41) is 10.1. The Balaban J connectivity index is 1.65. The number of benzene rings is 1. The molecule has 3 atom stereocenters. The number of para-hydroxylation sites is 1. The number of rotatable bonds is 3. The molecule has 142 valence electrons. The molecule has 0 bridgehead atoms. The van der Waals surface area contributed by atoms with Gasteiger partial charge in [-0.25, -0.2) is 9.78 Å². The smallest absolute Gasteiger partial charge is 0.326 e. The standard InChI is InChI=1S/C20H23N3O4/c1-12-5-4-7-14-18(12)21-11-22(19(14)25)10-17(24)23-15-8-3-2-6-13(15)9-16(23)20(26)27/h4-5,7,11,13,15-16H,2-3,6,8-10H2,1H3,(H,26,27)/t13-,15+,16-/m0/s1. The number of carboxylic acids is 1. The molecule has 1 aliphatic heterocycles. The topological polar surface area (TPSA) is 92.5 Å². The van der Waals surface area contributed by atoms with E-state index in [1.165, 1.54) is 15.8 Å². The van der Waals surface area contributed by atoms with Gasteiger partial charge in [0.25, 0.3) is 5.56 Å². The highest BCUT2D eigenvalue weighted by atomic mass is 16.4. The van der Waals surface area contributed by atoms with Crippen LogP contribution in [-0.4, -0.2) is 43.5 Å². The van der Waals surface area contributed by atoms with Crippen LogP contribution in [0.15, 0.2) is 29.3 Å². The molecule has 1 aliphatic carbocycles. The Kier molecular flexibility index (Phi) is 4.45. The van der Waals surface area contributed by atoms with Gasteiger partial charge in [0.1, 0.15) is 12.6 Å². The van der Waals surface area contributed by atoms with Crippen molar-refractivity contribution in [2.24, 2.45) is 5.92 Å². The van der Waals surface area contributed by atoms with Crippen molar-refractivity contribution in [1.29, 1.82) is 0 Å². The Morgan fingerprint density at radius 2 is 2.04 bits per heavy atom. The maximum Gasteiger partial charge on any atom is 0.326 e. The van der Waals surface area contributed by atoms with Crippen molar-refractivity contribution in [2.75, 3.05) is 0 Å². The molecule has 7 nitrogen and oxygen atoms in total. The maximum atomic E-state index is 13.0. The molecule has 1 aromatic heterocycles. The number of carbonyl (C=O) groups is 2. The van der Waals surface area contributed by atoms with E-state index in [-0.39, 0.29) is 30.0 Å². The molecule has 1 aromatic carbocycles. The van der Waals surface area contributed by atoms with Gasteiger partial charge in [-0.05, 0) is 43.7 Å². The van der Waals surface area contributed by atoms with E-state index in [9.17, 15) is 19.5 Å². The van der Waals surface area contributed by atoms with E-state index in [2.05, 4.69) is 4.98 Å². The molecule has 27 heavy (non-hydrogen) atoms. The van der Waals surface area contributed by atoms with Crippen LogP contribution < -0.4 is 5.56 Å². The zero-order chi connectivity index (χ0) is 19.1. The van der Waals surface area contributed by atoms with E-state index in [4.69, 9.17) is 0 Å². The molecule has 2 fully saturated rings. The molecule has 0 unspecified atom stereocenters. The lowest BCUT2D eigenvalue weighted by atomic mass is 9.85. The summed E-state index contributed by atoms with van der Waals surface area (Å²) in [7, 11) is 0. The van der Waals surface area contributed by atoms with Gasteiger partial charge in [-0.3, -0.25) is 14.2 Å². The minimum absolute atomic E-state index is 0.0290. The van der Waals surface area contributed by atoms with Crippen molar-refractivity contribution >= 4 is 22.8 Å². The van der Waals surface area contributed by atoms with E-state index >= 15 is 0 Å². The lowest BCUT2D eigenvalue weighted by Crippen LogP contribution is -2.48. The quantitative estimate of drug-likeness (QED) is 0.893. The molecular weight excluding hydrogens is 346 g/mol. The minimum Gasteiger partial charge on any atom is -0.480 e. The summed E-state index contributed by atoms with van der Waals surface area (Å²) < 4.78 is 1.29. The number of hydrogen-bond acceptors (Lipinski definition) is 4. The third-order valence-electron chi connectivity index (χ3n) is 6.02. The second-order valence-corrected chi connectivity index (χ2v) is 7.65. The van der Waals surface area contributed by atoms with Gasteiger partial charge in [0, 0.05) is 6.04 Å². The number of aryl methyl sites for hydroxylation is 1. The van der Waals surface area contributed by atoms with Gasteiger partial charge in [-0.2, -0.15) is 0 Å². The van der Waals surface area contributed by atoms with Crippen LogP contribution in [0.25, 0.3) is 10.9 Å². The summed E-state index contributed by atoms with van der Waals surface area (Å²) >= 11 is 0. The largest absolute Gasteiger partial charge is 0.480 e. The number of hydrogen-bond donors (Lipinski definition) is 1. The Bertz CT molecular complexity index is 967. The van der Waals surface area contributed by atoms with Crippen molar-refractivity contribution in [3.63, 3.8) is 0 Å². The van der Waals surface area contributed by atoms with Crippen LogP contribution in [0.3, 0.4) is 0 Å². The predicted octanol–water partition coefficient (Wildman–Crippen LogP) is 1.95. The third-order valence-corrected chi connectivity index (χ3v) is 6.02. The fourth-order valence-corrected chi connectivity index (χ4v) is 4.72. The summed E-state index contributed by atoms with van der Waals surface area (Å²) in [6.07, 6.45) is 5.80. The van der Waals surface area contributed by atoms with Crippen LogP contribution >= 0.6 is 0 Å². The van der Waals surface area contributed by atoms with Crippen molar-refractivity contribution in [1.82, 2.24) is 14.5 Å². The maximum absolute atomic E-state index is 13.0. The van der Waals surface area contributed by atoms with Crippen molar-refractivity contribution in [3.05, 3.63) is 40.4 Å². The molecule has 2 heterocycles. The zero-order valence-electron chi connectivity index (χ0n) is 15.3. The van der Waals surface area contributed by atoms with E-state index in [0.717, 1.165) is 31.2 Å². The van der Waals surface area contributed by atoms with Crippen LogP contribution in [-0.2, 0) is 16.1 Å². The Labute approximate surface area is 156 Å². The van der Waals surface area contributed by atoms with E-state index < -0.39 is 12.0 Å². The first-order chi connectivity index (χ1) is 13.0. The molecule has 1 saturated heterocycles. The van der Waals surface area contributed by atoms with Gasteiger partial charge in [0.2, 0.25) is 5.91 Å². The van der Waals surface area contributed by atoms with Gasteiger partial charge in [-0.15, -0.1) is 0 Å². The normalized spacial score (nSPS) is 24.8. The lowest BCUT2D eigenvalue weighted by Gasteiger charge is -2.33. The number of aromatic nitrogens is 2. The lowest BCUT2D eigenvalue weighted by molar-refractivity contribution is -0.150. The van der Waals surface area contributed by atoms with Crippen molar-refractivity contribution < 1.29 is 14.7 Å². The number of fused-ring (bicyclic) bond motifs is 2. The predicted molar refractivity (Wildman–Crippen MR) is 99.4 cm³/mol. The molecule has 4 rings (SSSR count). The van der Waals surface area contributed by atoms with Crippen molar-refractivity contribution in [2.45, 2.75) is 57.7 Å². The monoisotopic (exact) mass is 369 g/mol. The summed E-state index contributed by atoms with van der Waals surface area (Å²) in [6.45, 7) is 1.71. The van der Waals surface area contributed by atoms with E-state index in [1.54, 1.807) is 12.1 Å². The average molecular weight is 369 g/mol. The van der Waals surface area contributed by atoms with Crippen LogP contribution in [0.1, 0.15) is 37.7 Å². The molecule has 1 amide bonds. The first-order valence-electron chi connectivity index (χ1n) is 9.46. The Hall–Kier alpha value is -2.70. The average Bonchev–Trinajstić information content (AvgIpc) is 3.04. The molecule has 1 saturated carbocycles. The highest BCUT2D eigenvalue weighted by molar-refractivity contribution is 5.85. The SMILES string of the molecule is Cc1cccc2c(=O)n(CC(=O)N3[C@@H]4CCCC[C@H]4C[C@H]3C(=O)O)cnc12. The summed E-state index contributed by atoms with van der Waals surface area (Å²) in [6, 6.07) is 4.55. The minimum atomic E-state index is -0.961. The Morgan fingerprint density at radius 3 is 2.81 bits per heavy atom. The summed E-state index contributed by atoms with van der Waals surface area (Å²) in [4.78, 5) is 43.4. The van der Waals surface area contributed by atoms with Gasteiger partial charge in [0.05, 0.1) is 17.2 Å². The van der Waals surface area contributed by atoms with Crippen molar-refractivity contribution in [3.8, 4) is 0 Å². The number of carboxylic acid groups (broad SMARTS) is 1. The third kappa shape index (κ3) is 3.01. The number of aliphatic carboxylic acids is 1. The summed E-state index contributed by atoms with van der Waals surface area (Å²) in [5.74, 6) is -1.03.